The van der Waals surface area contributed by atoms with Crippen LogP contribution in [-0.2, 0) is 8.85 Å². The second-order valence-corrected chi connectivity index (χ2v) is 14.2. The molecule has 0 amide bonds. The van der Waals surface area contributed by atoms with E-state index in [0.29, 0.717) is 11.3 Å². The van der Waals surface area contributed by atoms with Crippen LogP contribution in [0.5, 0.6) is 0 Å². The highest BCUT2D eigenvalue weighted by atomic mass is 28.4. The van der Waals surface area contributed by atoms with Gasteiger partial charge in [0.2, 0.25) is 0 Å². The lowest BCUT2D eigenvalue weighted by Crippen LogP contribution is -2.64. The van der Waals surface area contributed by atoms with Crippen LogP contribution in [0.1, 0.15) is 98.8 Å². The smallest absolute Gasteiger partial charge is 0.388 e. The van der Waals surface area contributed by atoms with Gasteiger partial charge in [-0.25, -0.2) is 0 Å². The first-order chi connectivity index (χ1) is 16.4. The molecule has 0 radical (unpaired) electrons. The van der Waals surface area contributed by atoms with E-state index in [-0.39, 0.29) is 0 Å². The summed E-state index contributed by atoms with van der Waals surface area (Å²) in [6, 6.07) is 21.4. The van der Waals surface area contributed by atoms with E-state index < -0.39 is 8.56 Å². The standard InChI is InChI=1S/C31H50O2Si/c1-6-7-8-9-10-11-12-13-20-25-32-34(29-21-16-14-17-22-29,30-23-18-15-19-24-30)33-27-28(2)26-31(3,4)5/h14-19,21-24,28H,6-13,20,25-27H2,1-5H3. The van der Waals surface area contributed by atoms with Crippen LogP contribution in [0.4, 0.5) is 0 Å². The van der Waals surface area contributed by atoms with Gasteiger partial charge in [0.25, 0.3) is 0 Å². The average Bonchev–Trinajstić information content (AvgIpc) is 2.82. The molecule has 0 spiro atoms. The molecule has 0 saturated heterocycles. The van der Waals surface area contributed by atoms with E-state index in [4.69, 9.17) is 8.85 Å². The topological polar surface area (TPSA) is 18.5 Å². The van der Waals surface area contributed by atoms with Crippen molar-refractivity contribution in [2.75, 3.05) is 13.2 Å². The zero-order chi connectivity index (χ0) is 24.7. The van der Waals surface area contributed by atoms with Crippen molar-refractivity contribution >= 4 is 18.9 Å². The monoisotopic (exact) mass is 482 g/mol. The lowest BCUT2D eigenvalue weighted by molar-refractivity contribution is 0.148. The number of hydrogen-bond donors (Lipinski definition) is 0. The van der Waals surface area contributed by atoms with Gasteiger partial charge in [-0.2, -0.15) is 0 Å². The summed E-state index contributed by atoms with van der Waals surface area (Å²) in [7, 11) is -2.78. The molecule has 34 heavy (non-hydrogen) atoms. The van der Waals surface area contributed by atoms with Crippen molar-refractivity contribution in [3.05, 3.63) is 60.7 Å². The van der Waals surface area contributed by atoms with E-state index in [1.165, 1.54) is 61.7 Å². The van der Waals surface area contributed by atoms with E-state index in [9.17, 15) is 0 Å². The average molecular weight is 483 g/mol. The molecule has 2 aromatic rings. The van der Waals surface area contributed by atoms with Crippen molar-refractivity contribution in [3.63, 3.8) is 0 Å². The molecule has 3 heteroatoms. The third kappa shape index (κ3) is 10.5. The summed E-state index contributed by atoms with van der Waals surface area (Å²) in [6.45, 7) is 13.0. The zero-order valence-corrected chi connectivity index (χ0v) is 23.7. The highest BCUT2D eigenvalue weighted by Gasteiger charge is 2.43. The lowest BCUT2D eigenvalue weighted by Gasteiger charge is -2.33. The molecule has 0 aliphatic carbocycles. The Morgan fingerprint density at radius 2 is 1.15 bits per heavy atom. The van der Waals surface area contributed by atoms with Crippen molar-refractivity contribution in [3.8, 4) is 0 Å². The molecule has 0 aliphatic rings. The Morgan fingerprint density at radius 3 is 1.62 bits per heavy atom. The van der Waals surface area contributed by atoms with Crippen LogP contribution in [-0.4, -0.2) is 21.8 Å². The summed E-state index contributed by atoms with van der Waals surface area (Å²) < 4.78 is 13.8. The Hall–Kier alpha value is -1.42. The molecule has 0 fully saturated rings. The van der Waals surface area contributed by atoms with Crippen molar-refractivity contribution in [1.29, 1.82) is 0 Å². The molecule has 0 heterocycles. The predicted octanol–water partition coefficient (Wildman–Crippen LogP) is 7.88. The van der Waals surface area contributed by atoms with Gasteiger partial charge in [0, 0.05) is 13.2 Å². The fraction of sp³-hybridized carbons (Fsp3) is 0.613. The molecule has 1 unspecified atom stereocenters. The van der Waals surface area contributed by atoms with Crippen LogP contribution in [0.3, 0.4) is 0 Å². The third-order valence-electron chi connectivity index (χ3n) is 6.39. The van der Waals surface area contributed by atoms with Crippen molar-refractivity contribution in [2.24, 2.45) is 11.3 Å². The Kier molecular flexibility index (Phi) is 13.2. The minimum absolute atomic E-state index is 0.296. The highest BCUT2D eigenvalue weighted by molar-refractivity contribution is 6.92. The van der Waals surface area contributed by atoms with Crippen LogP contribution >= 0.6 is 0 Å². The summed E-state index contributed by atoms with van der Waals surface area (Å²) in [4.78, 5) is 0. The Bertz CT molecular complexity index is 715. The van der Waals surface area contributed by atoms with Crippen LogP contribution < -0.4 is 10.4 Å². The molecular weight excluding hydrogens is 432 g/mol. The SMILES string of the molecule is CCCCCCCCCCCO[Si](OCC(C)CC(C)(C)C)(c1ccccc1)c1ccccc1. The maximum Gasteiger partial charge on any atom is 0.407 e. The van der Waals surface area contributed by atoms with E-state index in [0.717, 1.165) is 26.1 Å². The van der Waals surface area contributed by atoms with E-state index >= 15 is 0 Å². The van der Waals surface area contributed by atoms with Gasteiger partial charge in [-0.1, -0.05) is 147 Å². The lowest BCUT2D eigenvalue weighted by atomic mass is 9.86. The Balaban J connectivity index is 2.05. The molecule has 190 valence electrons. The fourth-order valence-electron chi connectivity index (χ4n) is 4.85. The van der Waals surface area contributed by atoms with E-state index in [1.807, 2.05) is 0 Å². The van der Waals surface area contributed by atoms with Gasteiger partial charge in [-0.3, -0.25) is 0 Å². The van der Waals surface area contributed by atoms with Gasteiger partial charge in [0.05, 0.1) is 0 Å². The van der Waals surface area contributed by atoms with Gasteiger partial charge in [-0.15, -0.1) is 0 Å². The second kappa shape index (κ2) is 15.5. The summed E-state index contributed by atoms with van der Waals surface area (Å²) >= 11 is 0. The van der Waals surface area contributed by atoms with E-state index in [1.54, 1.807) is 0 Å². The quantitative estimate of drug-likeness (QED) is 0.169. The maximum absolute atomic E-state index is 6.91. The number of hydrogen-bond acceptors (Lipinski definition) is 2. The molecule has 0 aliphatic heterocycles. The molecule has 2 aromatic carbocycles. The van der Waals surface area contributed by atoms with Gasteiger partial charge in [0.1, 0.15) is 0 Å². The summed E-state index contributed by atoms with van der Waals surface area (Å²) in [5.74, 6) is 0.482. The number of rotatable bonds is 17. The molecular formula is C31H50O2Si. The maximum atomic E-state index is 6.91. The molecule has 0 saturated carbocycles. The molecule has 2 rings (SSSR count). The first kappa shape index (κ1) is 28.8. The Labute approximate surface area is 211 Å². The van der Waals surface area contributed by atoms with Crippen molar-refractivity contribution in [1.82, 2.24) is 0 Å². The van der Waals surface area contributed by atoms with E-state index in [2.05, 4.69) is 95.3 Å². The van der Waals surface area contributed by atoms with Crippen molar-refractivity contribution in [2.45, 2.75) is 98.8 Å². The second-order valence-electron chi connectivity index (χ2n) is 11.2. The van der Waals surface area contributed by atoms with Gasteiger partial charge in [-0.05, 0) is 34.5 Å². The largest absolute Gasteiger partial charge is 0.407 e. The van der Waals surface area contributed by atoms with Crippen LogP contribution in [0, 0.1) is 11.3 Å². The normalized spacial score (nSPS) is 13.2. The predicted molar refractivity (Wildman–Crippen MR) is 150 cm³/mol. The molecule has 0 N–H and O–H groups in total. The first-order valence-electron chi connectivity index (χ1n) is 13.8. The summed E-state index contributed by atoms with van der Waals surface area (Å²) in [5.41, 5.74) is 0.296. The van der Waals surface area contributed by atoms with Gasteiger partial charge >= 0.3 is 8.56 Å². The van der Waals surface area contributed by atoms with Crippen LogP contribution in [0.25, 0.3) is 0 Å². The van der Waals surface area contributed by atoms with Gasteiger partial charge < -0.3 is 8.85 Å². The summed E-state index contributed by atoms with van der Waals surface area (Å²) in [5, 5.41) is 2.42. The third-order valence-corrected chi connectivity index (χ3v) is 9.76. The summed E-state index contributed by atoms with van der Waals surface area (Å²) in [6.07, 6.45) is 13.0. The van der Waals surface area contributed by atoms with Crippen molar-refractivity contribution < 1.29 is 8.85 Å². The molecule has 0 aromatic heterocycles. The number of unbranched alkanes of at least 4 members (excludes halogenated alkanes) is 8. The van der Waals surface area contributed by atoms with Gasteiger partial charge in [0.15, 0.2) is 0 Å². The molecule has 2 nitrogen and oxygen atoms in total. The fourth-order valence-corrected chi connectivity index (χ4v) is 8.15. The van der Waals surface area contributed by atoms with Crippen LogP contribution in [0.15, 0.2) is 60.7 Å². The highest BCUT2D eigenvalue weighted by Crippen LogP contribution is 2.25. The molecule has 1 atom stereocenters. The Morgan fingerprint density at radius 1 is 0.676 bits per heavy atom. The first-order valence-corrected chi connectivity index (χ1v) is 15.6. The molecule has 0 bridgehead atoms. The zero-order valence-electron chi connectivity index (χ0n) is 22.7. The minimum atomic E-state index is -2.78. The van der Waals surface area contributed by atoms with Crippen LogP contribution in [0.2, 0.25) is 0 Å². The minimum Gasteiger partial charge on any atom is -0.388 e. The number of benzene rings is 2.